The highest BCUT2D eigenvalue weighted by Gasteiger charge is 2.12. The fraction of sp³-hybridized carbons (Fsp3) is 0.300. The molecule has 0 fully saturated rings. The van der Waals surface area contributed by atoms with Crippen LogP contribution in [0.3, 0.4) is 0 Å². The highest BCUT2D eigenvalue weighted by atomic mass is 79.9. The van der Waals surface area contributed by atoms with Crippen LogP contribution in [0.5, 0.6) is 17.2 Å². The normalized spacial score (nSPS) is 10.4. The Bertz CT molecular complexity index is 703. The second kappa shape index (κ2) is 10.1. The number of halogens is 1. The number of methoxy groups -OCH3 is 1. The van der Waals surface area contributed by atoms with Crippen LogP contribution in [0, 0.1) is 0 Å². The van der Waals surface area contributed by atoms with E-state index in [1.165, 1.54) is 0 Å². The molecule has 0 aromatic heterocycles. The molecule has 0 unspecified atom stereocenters. The highest BCUT2D eigenvalue weighted by Crippen LogP contribution is 2.35. The van der Waals surface area contributed by atoms with Gasteiger partial charge in [0.05, 0.1) is 7.11 Å². The average molecular weight is 406 g/mol. The minimum Gasteiger partial charge on any atom is -0.493 e. The number of benzene rings is 2. The largest absolute Gasteiger partial charge is 0.493 e. The van der Waals surface area contributed by atoms with E-state index in [2.05, 4.69) is 27.8 Å². The van der Waals surface area contributed by atoms with Crippen molar-refractivity contribution < 1.29 is 14.2 Å². The number of allylic oxidation sites excluding steroid dienone is 1. The van der Waals surface area contributed by atoms with Crippen LogP contribution in [-0.2, 0) is 13.0 Å². The number of ether oxygens (including phenoxy) is 3. The predicted molar refractivity (Wildman–Crippen MR) is 105 cm³/mol. The van der Waals surface area contributed by atoms with Gasteiger partial charge in [-0.25, -0.2) is 0 Å². The van der Waals surface area contributed by atoms with Crippen molar-refractivity contribution in [2.45, 2.75) is 13.0 Å². The second-order valence-electron chi connectivity index (χ2n) is 5.42. The Hall–Kier alpha value is -1.98. The van der Waals surface area contributed by atoms with E-state index in [1.54, 1.807) is 7.11 Å². The van der Waals surface area contributed by atoms with Gasteiger partial charge in [0.1, 0.15) is 19.0 Å². The molecule has 0 radical (unpaired) electrons. The summed E-state index contributed by atoms with van der Waals surface area (Å²) in [5.74, 6) is 2.30. The van der Waals surface area contributed by atoms with E-state index in [-0.39, 0.29) is 0 Å². The SMILES string of the molecule is C=CCc1ccccc1OCCOc1c(CNC)cc(Br)cc1OC. The minimum absolute atomic E-state index is 0.428. The fourth-order valence-corrected chi connectivity index (χ4v) is 3.01. The summed E-state index contributed by atoms with van der Waals surface area (Å²) in [5.41, 5.74) is 2.15. The van der Waals surface area contributed by atoms with Gasteiger partial charge in [-0.05, 0) is 37.2 Å². The third-order valence-corrected chi connectivity index (χ3v) is 4.07. The van der Waals surface area contributed by atoms with Crippen LogP contribution < -0.4 is 19.5 Å². The number of rotatable bonds is 10. The van der Waals surface area contributed by atoms with Crippen LogP contribution in [0.1, 0.15) is 11.1 Å². The van der Waals surface area contributed by atoms with Gasteiger partial charge in [0, 0.05) is 16.6 Å². The topological polar surface area (TPSA) is 39.7 Å². The van der Waals surface area contributed by atoms with Gasteiger partial charge in [-0.3, -0.25) is 0 Å². The minimum atomic E-state index is 0.428. The first kappa shape index (κ1) is 19.3. The molecular formula is C20H24BrNO3. The molecule has 0 spiro atoms. The molecule has 25 heavy (non-hydrogen) atoms. The number of hydrogen-bond donors (Lipinski definition) is 1. The molecule has 2 aromatic carbocycles. The lowest BCUT2D eigenvalue weighted by molar-refractivity contribution is 0.209. The summed E-state index contributed by atoms with van der Waals surface area (Å²) in [7, 11) is 3.54. The molecule has 2 rings (SSSR count). The van der Waals surface area contributed by atoms with E-state index in [1.807, 2.05) is 49.5 Å². The lowest BCUT2D eigenvalue weighted by atomic mass is 10.1. The molecule has 0 atom stereocenters. The maximum atomic E-state index is 5.96. The van der Waals surface area contributed by atoms with Gasteiger partial charge < -0.3 is 19.5 Å². The number of para-hydroxylation sites is 1. The quantitative estimate of drug-likeness (QED) is 0.470. The maximum absolute atomic E-state index is 5.96. The summed E-state index contributed by atoms with van der Waals surface area (Å²) in [4.78, 5) is 0. The first-order valence-corrected chi connectivity index (χ1v) is 8.94. The van der Waals surface area contributed by atoms with Gasteiger partial charge in [0.15, 0.2) is 11.5 Å². The van der Waals surface area contributed by atoms with E-state index >= 15 is 0 Å². The zero-order chi connectivity index (χ0) is 18.1. The van der Waals surface area contributed by atoms with Crippen LogP contribution in [-0.4, -0.2) is 27.4 Å². The van der Waals surface area contributed by atoms with Crippen molar-refractivity contribution in [3.63, 3.8) is 0 Å². The third kappa shape index (κ3) is 5.51. The van der Waals surface area contributed by atoms with Crippen LogP contribution in [0.4, 0.5) is 0 Å². The Labute approximate surface area is 157 Å². The lowest BCUT2D eigenvalue weighted by Crippen LogP contribution is -2.13. The molecule has 2 aromatic rings. The molecule has 0 aliphatic heterocycles. The molecule has 0 saturated carbocycles. The van der Waals surface area contributed by atoms with Gasteiger partial charge in [-0.1, -0.05) is 40.2 Å². The molecule has 0 aliphatic rings. The van der Waals surface area contributed by atoms with E-state index in [0.717, 1.165) is 33.5 Å². The van der Waals surface area contributed by atoms with Crippen molar-refractivity contribution in [1.82, 2.24) is 5.32 Å². The monoisotopic (exact) mass is 405 g/mol. The van der Waals surface area contributed by atoms with Crippen LogP contribution in [0.15, 0.2) is 53.5 Å². The first-order chi connectivity index (χ1) is 12.2. The van der Waals surface area contributed by atoms with Crippen LogP contribution >= 0.6 is 15.9 Å². The Morgan fingerprint density at radius 3 is 2.56 bits per heavy atom. The van der Waals surface area contributed by atoms with Crippen molar-refractivity contribution in [3.8, 4) is 17.2 Å². The zero-order valence-corrected chi connectivity index (χ0v) is 16.3. The summed E-state index contributed by atoms with van der Waals surface area (Å²) < 4.78 is 18.2. The van der Waals surface area contributed by atoms with Gasteiger partial charge >= 0.3 is 0 Å². The summed E-state index contributed by atoms with van der Waals surface area (Å²) in [6, 6.07) is 11.9. The first-order valence-electron chi connectivity index (χ1n) is 8.15. The Morgan fingerprint density at radius 2 is 1.84 bits per heavy atom. The molecule has 4 nitrogen and oxygen atoms in total. The molecule has 0 bridgehead atoms. The van der Waals surface area contributed by atoms with Gasteiger partial charge in [0.25, 0.3) is 0 Å². The van der Waals surface area contributed by atoms with Crippen molar-refractivity contribution >= 4 is 15.9 Å². The molecule has 0 amide bonds. The summed E-state index contributed by atoms with van der Waals surface area (Å²) >= 11 is 3.50. The molecule has 0 aliphatic carbocycles. The average Bonchev–Trinajstić information content (AvgIpc) is 2.61. The van der Waals surface area contributed by atoms with Gasteiger partial charge in [-0.15, -0.1) is 6.58 Å². The molecule has 134 valence electrons. The summed E-state index contributed by atoms with van der Waals surface area (Å²) in [6.45, 7) is 5.35. The molecule has 0 saturated heterocycles. The van der Waals surface area contributed by atoms with Crippen molar-refractivity contribution in [2.24, 2.45) is 0 Å². The summed E-state index contributed by atoms with van der Waals surface area (Å²) in [6.07, 6.45) is 2.65. The molecular weight excluding hydrogens is 382 g/mol. The standard InChI is InChI=1S/C20H24BrNO3/c1-4-7-15-8-5-6-9-18(15)24-10-11-25-20-16(14-22-2)12-17(21)13-19(20)23-3/h4-6,8-9,12-13,22H,1,7,10-11,14H2,2-3H3. The molecule has 5 heteroatoms. The molecule has 1 N–H and O–H groups in total. The van der Waals surface area contributed by atoms with Crippen molar-refractivity contribution in [2.75, 3.05) is 27.4 Å². The van der Waals surface area contributed by atoms with Gasteiger partial charge in [-0.2, -0.15) is 0 Å². The van der Waals surface area contributed by atoms with E-state index in [9.17, 15) is 0 Å². The number of nitrogens with one attached hydrogen (secondary N) is 1. The highest BCUT2D eigenvalue weighted by molar-refractivity contribution is 9.10. The summed E-state index contributed by atoms with van der Waals surface area (Å²) in [5, 5.41) is 3.14. The lowest BCUT2D eigenvalue weighted by Gasteiger charge is -2.16. The third-order valence-electron chi connectivity index (χ3n) is 3.61. The molecule has 0 heterocycles. The van der Waals surface area contributed by atoms with E-state index < -0.39 is 0 Å². The Morgan fingerprint density at radius 1 is 1.08 bits per heavy atom. The Kier molecular flexibility index (Phi) is 7.82. The fourth-order valence-electron chi connectivity index (χ4n) is 2.52. The van der Waals surface area contributed by atoms with Gasteiger partial charge in [0.2, 0.25) is 0 Å². The van der Waals surface area contributed by atoms with E-state index in [4.69, 9.17) is 14.2 Å². The maximum Gasteiger partial charge on any atom is 0.165 e. The second-order valence-corrected chi connectivity index (χ2v) is 6.34. The van der Waals surface area contributed by atoms with Crippen molar-refractivity contribution in [1.29, 1.82) is 0 Å². The smallest absolute Gasteiger partial charge is 0.165 e. The predicted octanol–water partition coefficient (Wildman–Crippen LogP) is 4.36. The zero-order valence-electron chi connectivity index (χ0n) is 14.7. The van der Waals surface area contributed by atoms with Crippen LogP contribution in [0.25, 0.3) is 0 Å². The van der Waals surface area contributed by atoms with Crippen molar-refractivity contribution in [3.05, 3.63) is 64.7 Å². The number of hydrogen-bond acceptors (Lipinski definition) is 4. The van der Waals surface area contributed by atoms with Crippen LogP contribution in [0.2, 0.25) is 0 Å². The Balaban J connectivity index is 2.01. The van der Waals surface area contributed by atoms with E-state index in [0.29, 0.717) is 25.5 Å².